The Morgan fingerprint density at radius 2 is 1.64 bits per heavy atom. The molecule has 3 aromatic rings. The summed E-state index contributed by atoms with van der Waals surface area (Å²) < 4.78 is 22.0. The number of phenols is 1. The minimum absolute atomic E-state index is 0.0245. The number of methoxy groups -OCH3 is 4. The molecule has 0 aliphatic rings. The molecule has 3 rings (SSSR count). The molecule has 3 N–H and O–H groups in total. The summed E-state index contributed by atoms with van der Waals surface area (Å²) in [6.45, 7) is 8.63. The average molecular weight is 494 g/mol. The summed E-state index contributed by atoms with van der Waals surface area (Å²) in [6.07, 6.45) is 2.63. The number of ether oxygens (including phenoxy) is 4. The molecule has 7 nitrogen and oxygen atoms in total. The first-order valence-electron chi connectivity index (χ1n) is 11.9. The minimum Gasteiger partial charge on any atom is -0.504 e. The van der Waals surface area contributed by atoms with E-state index in [9.17, 15) is 9.90 Å². The maximum absolute atomic E-state index is 13.5. The van der Waals surface area contributed by atoms with E-state index in [2.05, 4.69) is 20.4 Å². The molecule has 0 saturated heterocycles. The van der Waals surface area contributed by atoms with Gasteiger partial charge in [0.1, 0.15) is 0 Å². The Labute approximate surface area is 212 Å². The normalized spacial score (nSPS) is 11.0. The number of nitrogens with two attached hydrogens (primary N) is 1. The molecule has 0 unspecified atom stereocenters. The van der Waals surface area contributed by atoms with E-state index in [1.54, 1.807) is 25.3 Å². The van der Waals surface area contributed by atoms with Gasteiger partial charge >= 0.3 is 5.97 Å². The van der Waals surface area contributed by atoms with Gasteiger partial charge in [0, 0.05) is 27.6 Å². The summed E-state index contributed by atoms with van der Waals surface area (Å²) >= 11 is 0. The van der Waals surface area contributed by atoms with Crippen molar-refractivity contribution in [3.8, 4) is 34.1 Å². The molecule has 0 saturated carbocycles. The van der Waals surface area contributed by atoms with Crippen LogP contribution in [0.25, 0.3) is 27.5 Å². The second-order valence-electron chi connectivity index (χ2n) is 8.63. The largest absolute Gasteiger partial charge is 0.504 e. The average Bonchev–Trinajstić information content (AvgIpc) is 2.90. The maximum atomic E-state index is 13.5. The quantitative estimate of drug-likeness (QED) is 0.247. The van der Waals surface area contributed by atoms with E-state index >= 15 is 0 Å². The maximum Gasteiger partial charge on any atom is 0.339 e. The topological polar surface area (TPSA) is 100 Å². The van der Waals surface area contributed by atoms with Crippen molar-refractivity contribution in [2.75, 3.05) is 34.2 Å². The Balaban J connectivity index is 2.59. The van der Waals surface area contributed by atoms with Gasteiger partial charge in [-0.05, 0) is 47.7 Å². The Morgan fingerprint density at radius 3 is 2.19 bits per heavy atom. The number of esters is 1. The molecule has 0 atom stereocenters. The van der Waals surface area contributed by atoms with Gasteiger partial charge in [0.2, 0.25) is 0 Å². The van der Waals surface area contributed by atoms with E-state index in [0.29, 0.717) is 57.0 Å². The van der Waals surface area contributed by atoms with Crippen molar-refractivity contribution in [3.05, 3.63) is 48.0 Å². The molecular formula is C29H35NO6. The Kier molecular flexibility index (Phi) is 8.35. The second-order valence-corrected chi connectivity index (χ2v) is 8.63. The number of allylic oxidation sites excluding steroid dienone is 1. The van der Waals surface area contributed by atoms with Crippen LogP contribution >= 0.6 is 0 Å². The first-order chi connectivity index (χ1) is 17.3. The van der Waals surface area contributed by atoms with Crippen LogP contribution in [0.4, 0.5) is 5.69 Å². The molecule has 0 spiro atoms. The van der Waals surface area contributed by atoms with Crippen molar-refractivity contribution in [1.82, 2.24) is 0 Å². The van der Waals surface area contributed by atoms with E-state index in [1.807, 2.05) is 6.07 Å². The lowest BCUT2D eigenvalue weighted by Crippen LogP contribution is -2.13. The Hall–Kier alpha value is -3.87. The Bertz CT molecular complexity index is 1290. The third kappa shape index (κ3) is 4.65. The first-order valence-corrected chi connectivity index (χ1v) is 11.9. The van der Waals surface area contributed by atoms with E-state index in [4.69, 9.17) is 24.7 Å². The molecule has 0 fully saturated rings. The van der Waals surface area contributed by atoms with Crippen LogP contribution in [0.15, 0.2) is 36.9 Å². The number of carbonyl (C=O) groups excluding carboxylic acids is 1. The third-order valence-corrected chi connectivity index (χ3v) is 6.76. The van der Waals surface area contributed by atoms with Crippen molar-refractivity contribution in [1.29, 1.82) is 0 Å². The van der Waals surface area contributed by atoms with Crippen molar-refractivity contribution < 1.29 is 28.8 Å². The number of anilines is 1. The van der Waals surface area contributed by atoms with Crippen LogP contribution in [0.1, 0.15) is 49.0 Å². The summed E-state index contributed by atoms with van der Waals surface area (Å²) in [4.78, 5) is 13.5. The predicted octanol–water partition coefficient (Wildman–Crippen LogP) is 6.45. The third-order valence-electron chi connectivity index (χ3n) is 6.76. The van der Waals surface area contributed by atoms with Gasteiger partial charge in [-0.2, -0.15) is 0 Å². The lowest BCUT2D eigenvalue weighted by molar-refractivity contribution is 0.0601. The van der Waals surface area contributed by atoms with Crippen LogP contribution in [0.3, 0.4) is 0 Å². The number of aromatic hydroxyl groups is 1. The van der Waals surface area contributed by atoms with E-state index in [1.165, 1.54) is 27.4 Å². The van der Waals surface area contributed by atoms with Crippen molar-refractivity contribution in [3.63, 3.8) is 0 Å². The molecule has 0 bridgehead atoms. The second kappa shape index (κ2) is 11.2. The fourth-order valence-corrected chi connectivity index (χ4v) is 4.74. The molecule has 36 heavy (non-hydrogen) atoms. The number of hydrogen-bond donors (Lipinski definition) is 2. The highest BCUT2D eigenvalue weighted by Crippen LogP contribution is 2.50. The molecule has 0 aliphatic carbocycles. The number of phenolic OH excluding ortho intramolecular Hbond substituents is 1. The van der Waals surface area contributed by atoms with Gasteiger partial charge < -0.3 is 29.8 Å². The highest BCUT2D eigenvalue weighted by atomic mass is 16.5. The summed E-state index contributed by atoms with van der Waals surface area (Å²) in [7, 11) is 5.88. The molecule has 0 heterocycles. The van der Waals surface area contributed by atoms with Gasteiger partial charge in [-0.15, -0.1) is 0 Å². The number of fused-ring (bicyclic) bond motifs is 1. The van der Waals surface area contributed by atoms with Crippen molar-refractivity contribution in [2.24, 2.45) is 5.92 Å². The van der Waals surface area contributed by atoms with Crippen LogP contribution in [0.5, 0.6) is 23.0 Å². The summed E-state index contributed by atoms with van der Waals surface area (Å²) in [5.74, 6) is 0.967. The lowest BCUT2D eigenvalue weighted by atomic mass is 9.82. The molecule has 192 valence electrons. The number of hydrogen-bond acceptors (Lipinski definition) is 7. The number of nitrogen functional groups attached to an aromatic ring is 1. The van der Waals surface area contributed by atoms with Crippen molar-refractivity contribution >= 4 is 28.0 Å². The first kappa shape index (κ1) is 26.7. The fourth-order valence-electron chi connectivity index (χ4n) is 4.74. The van der Waals surface area contributed by atoms with Gasteiger partial charge in [0.15, 0.2) is 23.0 Å². The molecule has 0 amide bonds. The molecular weight excluding hydrogens is 458 g/mol. The van der Waals surface area contributed by atoms with Gasteiger partial charge in [-0.25, -0.2) is 4.79 Å². The zero-order valence-electron chi connectivity index (χ0n) is 21.9. The van der Waals surface area contributed by atoms with E-state index in [-0.39, 0.29) is 17.1 Å². The van der Waals surface area contributed by atoms with Gasteiger partial charge in [-0.1, -0.05) is 39.3 Å². The SMILES string of the molecule is C=C(CC(CC)CC)c1c(C(=O)OC)c(-c2ccc(O)c(OC)c2)c2c(OC)c(OC)ccc2c1N. The summed E-state index contributed by atoms with van der Waals surface area (Å²) in [5.41, 5.74) is 9.92. The molecule has 0 aliphatic heterocycles. The lowest BCUT2D eigenvalue weighted by Gasteiger charge is -2.24. The molecule has 0 radical (unpaired) electrons. The summed E-state index contributed by atoms with van der Waals surface area (Å²) in [5, 5.41) is 11.5. The number of rotatable bonds is 10. The van der Waals surface area contributed by atoms with Gasteiger partial charge in [0.05, 0.1) is 34.0 Å². The molecule has 0 aromatic heterocycles. The fraction of sp³-hybridized carbons (Fsp3) is 0.345. The van der Waals surface area contributed by atoms with E-state index in [0.717, 1.165) is 18.4 Å². The van der Waals surface area contributed by atoms with Crippen LogP contribution < -0.4 is 19.9 Å². The number of carbonyl (C=O) groups is 1. The molecule has 7 heteroatoms. The van der Waals surface area contributed by atoms with E-state index < -0.39 is 5.97 Å². The zero-order chi connectivity index (χ0) is 26.6. The van der Waals surface area contributed by atoms with Crippen molar-refractivity contribution in [2.45, 2.75) is 33.1 Å². The standard InChI is InChI=1S/C29H35NO6/c1-8-17(9-2)14-16(3)23-26(29(32)36-7)24(18-10-12-20(31)22(15-18)34-5)25-19(27(23)30)11-13-21(33-4)28(25)35-6/h10-13,15,17,31H,3,8-9,14,30H2,1-2,4-7H3. The smallest absolute Gasteiger partial charge is 0.339 e. The minimum atomic E-state index is -0.559. The van der Waals surface area contributed by atoms with Crippen LogP contribution in [-0.4, -0.2) is 39.5 Å². The predicted molar refractivity (Wildman–Crippen MR) is 144 cm³/mol. The highest BCUT2D eigenvalue weighted by molar-refractivity contribution is 6.19. The van der Waals surface area contributed by atoms with Gasteiger partial charge in [-0.3, -0.25) is 0 Å². The Morgan fingerprint density at radius 1 is 0.972 bits per heavy atom. The van der Waals surface area contributed by atoms with Crippen LogP contribution in [0.2, 0.25) is 0 Å². The van der Waals surface area contributed by atoms with Crippen LogP contribution in [0, 0.1) is 5.92 Å². The zero-order valence-corrected chi connectivity index (χ0v) is 21.9. The van der Waals surface area contributed by atoms with Crippen LogP contribution in [-0.2, 0) is 4.74 Å². The summed E-state index contributed by atoms with van der Waals surface area (Å²) in [6, 6.07) is 8.52. The molecule has 3 aromatic carbocycles. The highest BCUT2D eigenvalue weighted by Gasteiger charge is 2.29. The number of benzene rings is 3. The van der Waals surface area contributed by atoms with Gasteiger partial charge in [0.25, 0.3) is 0 Å². The monoisotopic (exact) mass is 493 g/mol.